The smallest absolute Gasteiger partial charge is 0.197 e. The number of aromatic nitrogens is 1. The van der Waals surface area contributed by atoms with Crippen molar-refractivity contribution in [1.82, 2.24) is 4.98 Å². The summed E-state index contributed by atoms with van der Waals surface area (Å²) < 4.78 is 11.0. The van der Waals surface area contributed by atoms with E-state index in [1.54, 1.807) is 12.4 Å². The topological polar surface area (TPSA) is 31.4 Å². The number of hydrogen-bond acceptors (Lipinski definition) is 3. The van der Waals surface area contributed by atoms with Gasteiger partial charge >= 0.3 is 0 Å². The normalized spacial score (nSPS) is 18.3. The van der Waals surface area contributed by atoms with Crippen LogP contribution in [0.2, 0.25) is 0 Å². The van der Waals surface area contributed by atoms with Gasteiger partial charge in [-0.05, 0) is 42.3 Å². The molecule has 3 heteroatoms. The molecule has 1 aromatic heterocycles. The van der Waals surface area contributed by atoms with Gasteiger partial charge in [0, 0.05) is 18.0 Å². The van der Waals surface area contributed by atoms with Crippen molar-refractivity contribution in [2.75, 3.05) is 0 Å². The van der Waals surface area contributed by atoms with E-state index in [4.69, 9.17) is 9.47 Å². The lowest BCUT2D eigenvalue weighted by atomic mass is 10.0. The number of ether oxygens (including phenoxy) is 2. The molecule has 0 saturated heterocycles. The molecule has 86 valence electrons. The van der Waals surface area contributed by atoms with Crippen LogP contribution in [0.1, 0.15) is 12.5 Å². The van der Waals surface area contributed by atoms with E-state index in [1.165, 1.54) is 0 Å². The molecule has 0 fully saturated rings. The Balaban J connectivity index is 1.99. The molecule has 1 atom stereocenters. The Morgan fingerprint density at radius 2 is 1.94 bits per heavy atom. The Morgan fingerprint density at radius 3 is 2.76 bits per heavy atom. The van der Waals surface area contributed by atoms with Crippen LogP contribution in [0.4, 0.5) is 0 Å². The molecule has 0 amide bonds. The molecule has 0 radical (unpaired) electrons. The van der Waals surface area contributed by atoms with Crippen LogP contribution in [0.5, 0.6) is 5.75 Å². The third kappa shape index (κ3) is 2.01. The maximum absolute atomic E-state index is 5.59. The van der Waals surface area contributed by atoms with Crippen molar-refractivity contribution < 1.29 is 9.47 Å². The van der Waals surface area contributed by atoms with E-state index in [0.29, 0.717) is 6.61 Å². The lowest BCUT2D eigenvalue weighted by Crippen LogP contribution is -2.21. The lowest BCUT2D eigenvalue weighted by molar-refractivity contribution is -0.0943. The van der Waals surface area contributed by atoms with E-state index in [9.17, 15) is 0 Å². The average molecular weight is 227 g/mol. The van der Waals surface area contributed by atoms with Crippen LogP contribution in [0.3, 0.4) is 0 Å². The Kier molecular flexibility index (Phi) is 2.53. The van der Waals surface area contributed by atoms with Crippen molar-refractivity contribution in [2.45, 2.75) is 19.8 Å². The highest BCUT2D eigenvalue weighted by atomic mass is 16.7. The molecule has 0 saturated carbocycles. The lowest BCUT2D eigenvalue weighted by Gasteiger charge is -2.24. The molecule has 2 heterocycles. The van der Waals surface area contributed by atoms with Gasteiger partial charge in [0.1, 0.15) is 5.75 Å². The molecule has 0 unspecified atom stereocenters. The van der Waals surface area contributed by atoms with Gasteiger partial charge in [-0.3, -0.25) is 4.98 Å². The van der Waals surface area contributed by atoms with E-state index < -0.39 is 0 Å². The second-order valence-corrected chi connectivity index (χ2v) is 4.05. The maximum atomic E-state index is 5.59. The summed E-state index contributed by atoms with van der Waals surface area (Å²) in [5.74, 6) is 0.918. The first-order valence-electron chi connectivity index (χ1n) is 5.64. The van der Waals surface area contributed by atoms with E-state index >= 15 is 0 Å². The van der Waals surface area contributed by atoms with Crippen LogP contribution in [0.25, 0.3) is 11.1 Å². The predicted octanol–water partition coefficient (Wildman–Crippen LogP) is 3.00. The number of rotatable bonds is 1. The molecular formula is C14H13NO2. The monoisotopic (exact) mass is 227 g/mol. The summed E-state index contributed by atoms with van der Waals surface area (Å²) in [5.41, 5.74) is 3.41. The van der Waals surface area contributed by atoms with Gasteiger partial charge in [0.05, 0.1) is 6.61 Å². The average Bonchev–Trinajstić information content (AvgIpc) is 2.39. The quantitative estimate of drug-likeness (QED) is 0.750. The summed E-state index contributed by atoms with van der Waals surface area (Å²) in [6.07, 6.45) is 3.43. The van der Waals surface area contributed by atoms with E-state index in [0.717, 1.165) is 22.4 Å². The first-order chi connectivity index (χ1) is 8.33. The molecule has 0 N–H and O–H groups in total. The molecule has 0 spiro atoms. The third-order valence-corrected chi connectivity index (χ3v) is 2.84. The second kappa shape index (κ2) is 4.18. The van der Waals surface area contributed by atoms with Crippen LogP contribution in [-0.4, -0.2) is 11.3 Å². The SMILES string of the molecule is C[C@@H]1OCc2cc(-c3ccncc3)ccc2O1. The Morgan fingerprint density at radius 1 is 1.12 bits per heavy atom. The summed E-state index contributed by atoms with van der Waals surface area (Å²) in [5, 5.41) is 0. The van der Waals surface area contributed by atoms with Gasteiger partial charge in [-0.25, -0.2) is 0 Å². The van der Waals surface area contributed by atoms with E-state index in [1.807, 2.05) is 25.1 Å². The number of fused-ring (bicyclic) bond motifs is 1. The van der Waals surface area contributed by atoms with Crippen molar-refractivity contribution in [3.05, 3.63) is 48.3 Å². The van der Waals surface area contributed by atoms with Gasteiger partial charge in [0.25, 0.3) is 0 Å². The molecule has 3 rings (SSSR count). The Hall–Kier alpha value is -1.87. The van der Waals surface area contributed by atoms with Crippen LogP contribution < -0.4 is 4.74 Å². The Bertz CT molecular complexity index is 525. The van der Waals surface area contributed by atoms with Gasteiger partial charge in [-0.2, -0.15) is 0 Å². The molecule has 0 aliphatic carbocycles. The van der Waals surface area contributed by atoms with Crippen molar-refractivity contribution in [3.63, 3.8) is 0 Å². The maximum Gasteiger partial charge on any atom is 0.197 e. The van der Waals surface area contributed by atoms with Crippen molar-refractivity contribution >= 4 is 0 Å². The molecule has 17 heavy (non-hydrogen) atoms. The highest BCUT2D eigenvalue weighted by molar-refractivity contribution is 5.65. The zero-order valence-electron chi connectivity index (χ0n) is 9.59. The molecule has 3 nitrogen and oxygen atoms in total. The number of hydrogen-bond donors (Lipinski definition) is 0. The van der Waals surface area contributed by atoms with E-state index in [-0.39, 0.29) is 6.29 Å². The molecule has 1 aromatic carbocycles. The van der Waals surface area contributed by atoms with Crippen LogP contribution in [-0.2, 0) is 11.3 Å². The molecule has 2 aromatic rings. The minimum Gasteiger partial charge on any atom is -0.465 e. The predicted molar refractivity (Wildman–Crippen MR) is 64.6 cm³/mol. The van der Waals surface area contributed by atoms with Crippen LogP contribution >= 0.6 is 0 Å². The summed E-state index contributed by atoms with van der Waals surface area (Å²) in [4.78, 5) is 4.02. The fourth-order valence-electron chi connectivity index (χ4n) is 1.95. The first-order valence-corrected chi connectivity index (χ1v) is 5.64. The summed E-state index contributed by atoms with van der Waals surface area (Å²) in [6, 6.07) is 10.2. The van der Waals surface area contributed by atoms with Crippen molar-refractivity contribution in [2.24, 2.45) is 0 Å². The number of benzene rings is 1. The molecule has 1 aliphatic heterocycles. The van der Waals surface area contributed by atoms with Gasteiger partial charge in [-0.1, -0.05) is 6.07 Å². The van der Waals surface area contributed by atoms with Crippen LogP contribution in [0, 0.1) is 0 Å². The van der Waals surface area contributed by atoms with Crippen molar-refractivity contribution in [3.8, 4) is 16.9 Å². The summed E-state index contributed by atoms with van der Waals surface area (Å²) in [6.45, 7) is 2.51. The zero-order chi connectivity index (χ0) is 11.7. The highest BCUT2D eigenvalue weighted by Crippen LogP contribution is 2.30. The number of nitrogens with zero attached hydrogens (tertiary/aromatic N) is 1. The summed E-state index contributed by atoms with van der Waals surface area (Å²) >= 11 is 0. The Labute approximate surface area is 100 Å². The second-order valence-electron chi connectivity index (χ2n) is 4.05. The van der Waals surface area contributed by atoms with Gasteiger partial charge in [-0.15, -0.1) is 0 Å². The minimum atomic E-state index is -0.158. The van der Waals surface area contributed by atoms with Crippen molar-refractivity contribution in [1.29, 1.82) is 0 Å². The van der Waals surface area contributed by atoms with Gasteiger partial charge < -0.3 is 9.47 Å². The number of pyridine rings is 1. The first kappa shape index (κ1) is 10.3. The molecular weight excluding hydrogens is 214 g/mol. The minimum absolute atomic E-state index is 0.158. The third-order valence-electron chi connectivity index (χ3n) is 2.84. The van der Waals surface area contributed by atoms with E-state index in [2.05, 4.69) is 17.1 Å². The van der Waals surface area contributed by atoms with Gasteiger partial charge in [0.15, 0.2) is 6.29 Å². The molecule has 1 aliphatic rings. The fourth-order valence-corrected chi connectivity index (χ4v) is 1.95. The fraction of sp³-hybridized carbons (Fsp3) is 0.214. The highest BCUT2D eigenvalue weighted by Gasteiger charge is 2.16. The largest absolute Gasteiger partial charge is 0.465 e. The molecule has 0 bridgehead atoms. The standard InChI is InChI=1S/C14H13NO2/c1-10-16-9-13-8-12(2-3-14(13)17-10)11-4-6-15-7-5-11/h2-8,10H,9H2,1H3/t10-/m1/s1. The zero-order valence-corrected chi connectivity index (χ0v) is 9.59. The van der Waals surface area contributed by atoms with Gasteiger partial charge in [0.2, 0.25) is 0 Å². The van der Waals surface area contributed by atoms with Crippen LogP contribution in [0.15, 0.2) is 42.7 Å². The summed E-state index contributed by atoms with van der Waals surface area (Å²) in [7, 11) is 0.